The lowest BCUT2D eigenvalue weighted by Crippen LogP contribution is -2.34. The number of nitrogens with zero attached hydrogens (tertiary/aromatic N) is 1. The van der Waals surface area contributed by atoms with Crippen molar-refractivity contribution in [2.45, 2.75) is 33.1 Å². The Morgan fingerprint density at radius 3 is 2.96 bits per heavy atom. The lowest BCUT2D eigenvalue weighted by Gasteiger charge is -2.17. The van der Waals surface area contributed by atoms with Gasteiger partial charge in [-0.25, -0.2) is 0 Å². The maximum Gasteiger partial charge on any atom is 0.257 e. The van der Waals surface area contributed by atoms with Gasteiger partial charge >= 0.3 is 0 Å². The molecule has 2 N–H and O–H groups in total. The van der Waals surface area contributed by atoms with Gasteiger partial charge in [-0.15, -0.1) is 11.3 Å². The van der Waals surface area contributed by atoms with Crippen LogP contribution in [0, 0.1) is 17.2 Å². The Morgan fingerprint density at radius 1 is 1.50 bits per heavy atom. The lowest BCUT2D eigenvalue weighted by atomic mass is 9.89. The Labute approximate surface area is 182 Å². The summed E-state index contributed by atoms with van der Waals surface area (Å²) in [6.07, 6.45) is 2.98. The second kappa shape index (κ2) is 9.03. The molecule has 1 aromatic carbocycles. The molecule has 2 aromatic rings. The summed E-state index contributed by atoms with van der Waals surface area (Å²) in [6.45, 7) is 4.67. The van der Waals surface area contributed by atoms with Crippen LogP contribution in [0.25, 0.3) is 0 Å². The quantitative estimate of drug-likeness (QED) is 0.603. The van der Waals surface area contributed by atoms with Gasteiger partial charge in [0.1, 0.15) is 16.8 Å². The fourth-order valence-electron chi connectivity index (χ4n) is 3.18. The third kappa shape index (κ3) is 4.54. The maximum absolute atomic E-state index is 12.5. The lowest BCUT2D eigenvalue weighted by molar-refractivity contribution is 0.0977. The largest absolute Gasteiger partial charge is 0.493 e. The molecule has 0 fully saturated rings. The van der Waals surface area contributed by atoms with Gasteiger partial charge in [0.25, 0.3) is 5.91 Å². The van der Waals surface area contributed by atoms with Crippen LogP contribution in [0.2, 0.25) is 0 Å². The van der Waals surface area contributed by atoms with Gasteiger partial charge in [0.15, 0.2) is 5.11 Å². The Morgan fingerprint density at radius 2 is 2.29 bits per heavy atom. The van der Waals surface area contributed by atoms with E-state index < -0.39 is 0 Å². The molecule has 1 heterocycles. The number of amides is 1. The number of benzene rings is 1. The molecule has 0 aliphatic heterocycles. The zero-order valence-corrected chi connectivity index (χ0v) is 18.8. The predicted octanol–water partition coefficient (Wildman–Crippen LogP) is 5.03. The van der Waals surface area contributed by atoms with Crippen molar-refractivity contribution in [2.75, 3.05) is 11.9 Å². The van der Waals surface area contributed by atoms with Crippen LogP contribution in [0.3, 0.4) is 0 Å². The van der Waals surface area contributed by atoms with Gasteiger partial charge in [-0.05, 0) is 84.0 Å². The van der Waals surface area contributed by atoms with Crippen LogP contribution in [-0.2, 0) is 12.8 Å². The molecule has 1 aliphatic rings. The van der Waals surface area contributed by atoms with Gasteiger partial charge in [0, 0.05) is 10.4 Å². The normalized spacial score (nSPS) is 15.3. The van der Waals surface area contributed by atoms with Crippen molar-refractivity contribution in [3.05, 3.63) is 44.2 Å². The summed E-state index contributed by atoms with van der Waals surface area (Å²) < 4.78 is 6.16. The number of fused-ring (bicyclic) bond motifs is 1. The molecule has 0 bridgehead atoms. The number of thiocarbonyl (C=S) groups is 1. The number of hydrogen-bond acceptors (Lipinski definition) is 5. The first-order valence-corrected chi connectivity index (χ1v) is 11.0. The number of halogens is 1. The molecule has 0 radical (unpaired) electrons. The number of hydrogen-bond donors (Lipinski definition) is 2. The number of ether oxygens (including phenoxy) is 1. The molecular weight excluding hydrogens is 458 g/mol. The van der Waals surface area contributed by atoms with Crippen molar-refractivity contribution in [3.8, 4) is 11.8 Å². The number of nitrogens with one attached hydrogen (secondary N) is 2. The standard InChI is InChI=1S/C20H20BrN3O2S2/c1-3-26-16-7-5-12(9-15(16)21)18(25)23-20(27)24-19-14(10-22)13-6-4-11(2)8-17(13)28-19/h5,7,9,11H,3-4,6,8H2,1-2H3,(H2,23,24,25,27)/t11-/m0/s1. The zero-order valence-electron chi connectivity index (χ0n) is 15.6. The summed E-state index contributed by atoms with van der Waals surface area (Å²) in [5.41, 5.74) is 2.23. The molecule has 0 saturated carbocycles. The fraction of sp³-hybridized carbons (Fsp3) is 0.350. The number of rotatable bonds is 4. The molecule has 146 valence electrons. The second-order valence-corrected chi connectivity index (χ2v) is 9.02. The summed E-state index contributed by atoms with van der Waals surface area (Å²) in [5, 5.41) is 16.2. The SMILES string of the molecule is CCOc1ccc(C(=O)NC(=S)Nc2sc3c(c2C#N)CC[C@H](C)C3)cc1Br. The first kappa shape index (κ1) is 20.8. The van der Waals surface area contributed by atoms with Crippen molar-refractivity contribution in [1.82, 2.24) is 5.32 Å². The first-order valence-electron chi connectivity index (χ1n) is 9.02. The Bertz CT molecular complexity index is 965. The monoisotopic (exact) mass is 477 g/mol. The molecule has 8 heteroatoms. The van der Waals surface area contributed by atoms with Crippen LogP contribution >= 0.6 is 39.5 Å². The van der Waals surface area contributed by atoms with E-state index in [2.05, 4.69) is 39.6 Å². The van der Waals surface area contributed by atoms with Crippen molar-refractivity contribution >= 4 is 55.5 Å². The van der Waals surface area contributed by atoms with Crippen LogP contribution < -0.4 is 15.4 Å². The predicted molar refractivity (Wildman–Crippen MR) is 119 cm³/mol. The van der Waals surface area contributed by atoms with Crippen LogP contribution in [0.1, 0.15) is 46.6 Å². The Hall–Kier alpha value is -1.95. The molecule has 1 aromatic heterocycles. The molecular formula is C20H20BrN3O2S2. The molecule has 3 rings (SSSR count). The smallest absolute Gasteiger partial charge is 0.257 e. The second-order valence-electron chi connectivity index (χ2n) is 6.65. The van der Waals surface area contributed by atoms with E-state index in [9.17, 15) is 10.1 Å². The van der Waals surface area contributed by atoms with Gasteiger partial charge in [0.2, 0.25) is 0 Å². The average molecular weight is 478 g/mol. The van der Waals surface area contributed by atoms with Crippen LogP contribution in [0.15, 0.2) is 22.7 Å². The highest BCUT2D eigenvalue weighted by atomic mass is 79.9. The Kier molecular flexibility index (Phi) is 6.70. The highest BCUT2D eigenvalue weighted by molar-refractivity contribution is 9.10. The summed E-state index contributed by atoms with van der Waals surface area (Å²) in [7, 11) is 0. The van der Waals surface area contributed by atoms with Crippen molar-refractivity contribution in [2.24, 2.45) is 5.92 Å². The topological polar surface area (TPSA) is 74.2 Å². The average Bonchev–Trinajstić information content (AvgIpc) is 2.99. The van der Waals surface area contributed by atoms with Gasteiger partial charge in [-0.1, -0.05) is 6.92 Å². The highest BCUT2D eigenvalue weighted by Crippen LogP contribution is 2.39. The third-order valence-electron chi connectivity index (χ3n) is 4.57. The first-order chi connectivity index (χ1) is 13.4. The van der Waals surface area contributed by atoms with Gasteiger partial charge in [0.05, 0.1) is 16.6 Å². The van der Waals surface area contributed by atoms with E-state index in [0.29, 0.717) is 38.9 Å². The van der Waals surface area contributed by atoms with Crippen molar-refractivity contribution in [1.29, 1.82) is 5.26 Å². The summed E-state index contributed by atoms with van der Waals surface area (Å²) in [6, 6.07) is 7.40. The van der Waals surface area contributed by atoms with Crippen molar-refractivity contribution < 1.29 is 9.53 Å². The van der Waals surface area contributed by atoms with Gasteiger partial charge in [-0.3, -0.25) is 10.1 Å². The number of carbonyl (C=O) groups is 1. The molecule has 1 aliphatic carbocycles. The molecule has 0 unspecified atom stereocenters. The number of carbonyl (C=O) groups excluding carboxylic acids is 1. The minimum absolute atomic E-state index is 0.179. The minimum atomic E-state index is -0.324. The highest BCUT2D eigenvalue weighted by Gasteiger charge is 2.24. The summed E-state index contributed by atoms with van der Waals surface area (Å²) in [4.78, 5) is 13.7. The molecule has 0 spiro atoms. The minimum Gasteiger partial charge on any atom is -0.493 e. The molecule has 5 nitrogen and oxygen atoms in total. The van der Waals surface area contributed by atoms with E-state index in [1.165, 1.54) is 4.88 Å². The summed E-state index contributed by atoms with van der Waals surface area (Å²) in [5.74, 6) is 0.974. The third-order valence-corrected chi connectivity index (χ3v) is 6.57. The van der Waals surface area contributed by atoms with E-state index >= 15 is 0 Å². The Balaban J connectivity index is 1.70. The van der Waals surface area contributed by atoms with Crippen LogP contribution in [0.4, 0.5) is 5.00 Å². The van der Waals surface area contributed by atoms with E-state index in [0.717, 1.165) is 24.8 Å². The molecule has 28 heavy (non-hydrogen) atoms. The zero-order chi connectivity index (χ0) is 20.3. The van der Waals surface area contributed by atoms with Gasteiger partial charge < -0.3 is 10.1 Å². The van der Waals surface area contributed by atoms with E-state index in [-0.39, 0.29) is 11.0 Å². The van der Waals surface area contributed by atoms with Crippen LogP contribution in [-0.4, -0.2) is 17.6 Å². The van der Waals surface area contributed by atoms with Crippen molar-refractivity contribution in [3.63, 3.8) is 0 Å². The van der Waals surface area contributed by atoms with E-state index in [4.69, 9.17) is 17.0 Å². The molecule has 0 saturated heterocycles. The van der Waals surface area contributed by atoms with E-state index in [1.807, 2.05) is 6.92 Å². The molecule has 1 atom stereocenters. The summed E-state index contributed by atoms with van der Waals surface area (Å²) >= 11 is 10.3. The van der Waals surface area contributed by atoms with E-state index in [1.54, 1.807) is 29.5 Å². The number of anilines is 1. The molecule has 1 amide bonds. The fourth-order valence-corrected chi connectivity index (χ4v) is 5.30. The number of nitriles is 1. The maximum atomic E-state index is 12.5. The van der Waals surface area contributed by atoms with Gasteiger partial charge in [-0.2, -0.15) is 5.26 Å². The van der Waals surface area contributed by atoms with Crippen LogP contribution in [0.5, 0.6) is 5.75 Å². The number of thiophene rings is 1.